The van der Waals surface area contributed by atoms with Crippen molar-refractivity contribution in [2.24, 2.45) is 72.3 Å². The molecule has 4 fully saturated rings. The first-order chi connectivity index (χ1) is 27.9. The van der Waals surface area contributed by atoms with Gasteiger partial charge in [0.1, 0.15) is 18.0 Å². The molecule has 0 radical (unpaired) electrons. The monoisotopic (exact) mass is 830 g/mol. The smallest absolute Gasteiger partial charge is 0.309 e. The summed E-state index contributed by atoms with van der Waals surface area (Å²) in [5.74, 6) is -0.631. The Bertz CT molecular complexity index is 1950. The molecule has 0 aromatic heterocycles. The van der Waals surface area contributed by atoms with E-state index in [2.05, 4.69) is 53.4 Å². The normalized spacial score (nSPS) is 38.6. The number of halogens is 1. The molecule has 1 aromatic carbocycles. The first-order valence-electron chi connectivity index (χ1n) is 23.0. The average molecular weight is 830 g/mol. The van der Waals surface area contributed by atoms with E-state index in [4.69, 9.17) is 15.0 Å². The number of hydrogen-bond acceptors (Lipinski definition) is 8. The van der Waals surface area contributed by atoms with E-state index in [0.717, 1.165) is 74.6 Å². The van der Waals surface area contributed by atoms with Crippen LogP contribution >= 0.6 is 0 Å². The number of nitrogens with zero attached hydrogens (tertiary/aromatic N) is 3. The van der Waals surface area contributed by atoms with Crippen molar-refractivity contribution in [3.63, 3.8) is 0 Å². The third-order valence-corrected chi connectivity index (χ3v) is 18.0. The highest BCUT2D eigenvalue weighted by atomic mass is 19.1. The number of carbonyl (C=O) groups excluding carboxylic acids is 3. The van der Waals surface area contributed by atoms with Crippen molar-refractivity contribution in [2.75, 3.05) is 20.6 Å². The molecule has 6 aliphatic rings. The van der Waals surface area contributed by atoms with Crippen LogP contribution in [0, 0.1) is 67.9 Å². The number of esters is 1. The summed E-state index contributed by atoms with van der Waals surface area (Å²) in [4.78, 5) is 57.0. The number of hydrogen-bond donors (Lipinski definition) is 1. The second-order valence-corrected chi connectivity index (χ2v) is 22.7. The molecule has 330 valence electrons. The van der Waals surface area contributed by atoms with Gasteiger partial charge in [-0.2, -0.15) is 10.2 Å². The van der Waals surface area contributed by atoms with E-state index in [1.165, 1.54) is 12.1 Å². The van der Waals surface area contributed by atoms with E-state index in [1.807, 2.05) is 14.1 Å². The van der Waals surface area contributed by atoms with Gasteiger partial charge in [-0.05, 0) is 173 Å². The molecule has 4 saturated carbocycles. The van der Waals surface area contributed by atoms with Gasteiger partial charge in [0.15, 0.2) is 11.6 Å². The number of ether oxygens (including phenoxy) is 1. The van der Waals surface area contributed by atoms with Crippen LogP contribution in [0.25, 0.3) is 0 Å². The number of Topliss-reactive ketones (excluding diaryl/α,β-unsaturated/α-hetero) is 2. The highest BCUT2D eigenvalue weighted by Crippen LogP contribution is 2.77. The van der Waals surface area contributed by atoms with Gasteiger partial charge in [0.25, 0.3) is 0 Å². The summed E-state index contributed by atoms with van der Waals surface area (Å²) >= 11 is 0. The Morgan fingerprint density at radius 3 is 2.23 bits per heavy atom. The lowest BCUT2D eigenvalue weighted by Crippen LogP contribution is -2.66. The Hall–Kier alpha value is -3.27. The van der Waals surface area contributed by atoms with Gasteiger partial charge >= 0.3 is 11.9 Å². The summed E-state index contributed by atoms with van der Waals surface area (Å²) in [6, 6.07) is 5.63. The molecule has 60 heavy (non-hydrogen) atoms. The second kappa shape index (κ2) is 15.5. The molecule has 1 heterocycles. The van der Waals surface area contributed by atoms with E-state index in [-0.39, 0.29) is 81.8 Å². The maximum Gasteiger partial charge on any atom is 0.309 e. The van der Waals surface area contributed by atoms with Gasteiger partial charge in [-0.3, -0.25) is 19.2 Å². The molecule has 1 aromatic rings. The zero-order chi connectivity index (χ0) is 44.0. The molecule has 5 aliphatic carbocycles. The molecule has 0 bridgehead atoms. The predicted octanol–water partition coefficient (Wildman–Crippen LogP) is 10.6. The zero-order valence-electron chi connectivity index (χ0n) is 38.3. The molecule has 0 amide bonds. The number of azo groups is 1. The molecular weight excluding hydrogens is 758 g/mol. The van der Waals surface area contributed by atoms with Crippen molar-refractivity contribution in [1.29, 1.82) is 0 Å². The first-order valence-corrected chi connectivity index (χ1v) is 23.0. The molecule has 9 nitrogen and oxygen atoms in total. The minimum Gasteiger partial charge on any atom is -0.481 e. The van der Waals surface area contributed by atoms with Crippen LogP contribution in [0.4, 0.5) is 4.39 Å². The average Bonchev–Trinajstić information content (AvgIpc) is 3.48. The van der Waals surface area contributed by atoms with E-state index in [0.29, 0.717) is 24.7 Å². The quantitative estimate of drug-likeness (QED) is 0.220. The fourth-order valence-corrected chi connectivity index (χ4v) is 14.6. The van der Waals surface area contributed by atoms with E-state index in [1.54, 1.807) is 26.0 Å². The predicted molar refractivity (Wildman–Crippen MR) is 229 cm³/mol. The van der Waals surface area contributed by atoms with Crippen molar-refractivity contribution in [2.45, 2.75) is 158 Å². The highest BCUT2D eigenvalue weighted by Gasteiger charge is 2.71. The Morgan fingerprint density at radius 2 is 1.60 bits per heavy atom. The van der Waals surface area contributed by atoms with Gasteiger partial charge in [0, 0.05) is 11.8 Å². The molecule has 0 spiro atoms. The minimum atomic E-state index is -1.19. The third-order valence-electron chi connectivity index (χ3n) is 18.0. The molecule has 10 heteroatoms. The van der Waals surface area contributed by atoms with Crippen LogP contribution in [0.15, 0.2) is 45.6 Å². The highest BCUT2D eigenvalue weighted by molar-refractivity contribution is 6.08. The Kier molecular flexibility index (Phi) is 11.6. The number of fused-ring (bicyclic) bond motifs is 7. The number of aliphatic carboxylic acids is 1. The number of ketones is 2. The lowest BCUT2D eigenvalue weighted by atomic mass is 9.33. The summed E-state index contributed by atoms with van der Waals surface area (Å²) in [6.07, 6.45) is 8.34. The van der Waals surface area contributed by atoms with Crippen LogP contribution in [0.2, 0.25) is 0 Å². The van der Waals surface area contributed by atoms with E-state index >= 15 is 4.79 Å². The van der Waals surface area contributed by atoms with E-state index in [9.17, 15) is 23.9 Å². The molecule has 7 rings (SSSR count). The SMILES string of the molecule is CC(C)C1=C2C3CCC4C5(C)CCC(OC(=O)CC(C)(C)C(=O)O)C(C)(C)C5CCC4(C)C3(C)CCC2(C(=O)C2CC(CCN(C)C)C(c3ccc(F)cc3)N=N2)CC1=O. The number of benzene rings is 1. The van der Waals surface area contributed by atoms with Crippen molar-refractivity contribution in [3.05, 3.63) is 46.8 Å². The number of carboxylic acid groups (broad SMARTS) is 1. The molecule has 11 atom stereocenters. The maximum atomic E-state index is 15.4. The summed E-state index contributed by atoms with van der Waals surface area (Å²) in [7, 11) is 4.09. The topological polar surface area (TPSA) is 126 Å². The van der Waals surface area contributed by atoms with Gasteiger partial charge < -0.3 is 14.7 Å². The van der Waals surface area contributed by atoms with Crippen LogP contribution in [0.3, 0.4) is 0 Å². The largest absolute Gasteiger partial charge is 0.481 e. The first kappa shape index (κ1) is 44.8. The number of carboxylic acids is 1. The van der Waals surface area contributed by atoms with Crippen molar-refractivity contribution in [3.8, 4) is 0 Å². The fourth-order valence-electron chi connectivity index (χ4n) is 14.6. The van der Waals surface area contributed by atoms with Crippen molar-refractivity contribution in [1.82, 2.24) is 4.90 Å². The van der Waals surface area contributed by atoms with Crippen molar-refractivity contribution < 1.29 is 33.4 Å². The lowest BCUT2D eigenvalue weighted by molar-refractivity contribution is -0.233. The molecule has 0 saturated heterocycles. The van der Waals surface area contributed by atoms with Crippen LogP contribution in [-0.4, -0.2) is 66.3 Å². The zero-order valence-corrected chi connectivity index (χ0v) is 38.3. The summed E-state index contributed by atoms with van der Waals surface area (Å²) in [6.45, 7) is 20.2. The molecule has 1 N–H and O–H groups in total. The molecular formula is C50H72FN3O6. The minimum absolute atomic E-state index is 0.00392. The second-order valence-electron chi connectivity index (χ2n) is 22.7. The van der Waals surface area contributed by atoms with Gasteiger partial charge in [-0.1, -0.05) is 60.6 Å². The van der Waals surface area contributed by atoms with Gasteiger partial charge in [-0.15, -0.1) is 0 Å². The van der Waals surface area contributed by atoms with Gasteiger partial charge in [0.2, 0.25) is 0 Å². The van der Waals surface area contributed by atoms with Crippen LogP contribution in [-0.2, 0) is 23.9 Å². The number of carbonyl (C=O) groups is 4. The molecule has 1 aliphatic heterocycles. The Labute approximate surface area is 358 Å². The third kappa shape index (κ3) is 7.05. The number of allylic oxidation sites excluding steroid dienone is 2. The Balaban J connectivity index is 1.18. The van der Waals surface area contributed by atoms with E-state index < -0.39 is 28.8 Å². The van der Waals surface area contributed by atoms with Crippen LogP contribution in [0.1, 0.15) is 151 Å². The fraction of sp³-hybridized carbons (Fsp3) is 0.760. The van der Waals surface area contributed by atoms with Gasteiger partial charge in [0.05, 0.1) is 23.3 Å². The lowest BCUT2D eigenvalue weighted by Gasteiger charge is -2.72. The maximum absolute atomic E-state index is 15.4. The van der Waals surface area contributed by atoms with Crippen LogP contribution in [0.5, 0.6) is 0 Å². The Morgan fingerprint density at radius 1 is 0.917 bits per heavy atom. The summed E-state index contributed by atoms with van der Waals surface area (Å²) < 4.78 is 20.1. The van der Waals surface area contributed by atoms with Gasteiger partial charge in [-0.25, -0.2) is 4.39 Å². The van der Waals surface area contributed by atoms with Crippen LogP contribution < -0.4 is 0 Å². The summed E-state index contributed by atoms with van der Waals surface area (Å²) in [5.41, 5.74) is 0.421. The number of rotatable bonds is 11. The molecule has 11 unspecified atom stereocenters. The summed E-state index contributed by atoms with van der Waals surface area (Å²) in [5, 5.41) is 19.3. The standard InChI is InChI=1S/C50H72FN3O6/c1-29(2)40-35(55)27-50(43(57)34-26-31(20-25-54(10)11)42(53-52-34)30-12-14-32(51)15-13-30)24-23-48(8)33(41(40)50)16-17-37-47(7)21-19-38(60-39(56)28-45(3,4)44(58)59)46(5,6)36(47)18-22-49(37,48)9/h12-15,29,31,33-34,36-38,42H,16-28H2,1-11H3,(H,58,59). The van der Waals surface area contributed by atoms with Crippen molar-refractivity contribution >= 4 is 23.5 Å².